The summed E-state index contributed by atoms with van der Waals surface area (Å²) in [6, 6.07) is 5.74. The Balaban J connectivity index is 1.64. The third kappa shape index (κ3) is 3.84. The van der Waals surface area contributed by atoms with E-state index < -0.39 is 0 Å². The summed E-state index contributed by atoms with van der Waals surface area (Å²) in [7, 11) is 0. The number of hydrogen-bond donors (Lipinski definition) is 1. The first-order chi connectivity index (χ1) is 11.5. The number of hydrogen-bond acceptors (Lipinski definition) is 3. The third-order valence-corrected chi connectivity index (χ3v) is 4.67. The van der Waals surface area contributed by atoms with E-state index >= 15 is 0 Å². The van der Waals surface area contributed by atoms with Crippen LogP contribution >= 0.6 is 11.6 Å². The van der Waals surface area contributed by atoms with Crippen molar-refractivity contribution in [3.63, 3.8) is 0 Å². The van der Waals surface area contributed by atoms with Gasteiger partial charge in [0.1, 0.15) is 0 Å². The zero-order chi connectivity index (χ0) is 17.1. The second-order valence-corrected chi connectivity index (χ2v) is 6.93. The summed E-state index contributed by atoms with van der Waals surface area (Å²) in [5.74, 6) is 0.530. The molecule has 130 valence electrons. The van der Waals surface area contributed by atoms with Gasteiger partial charge in [0.25, 0.3) is 0 Å². The number of para-hydroxylation sites is 1. The van der Waals surface area contributed by atoms with Crippen molar-refractivity contribution in [3.8, 4) is 5.75 Å². The van der Waals surface area contributed by atoms with Crippen molar-refractivity contribution in [2.45, 2.75) is 32.4 Å². The van der Waals surface area contributed by atoms with E-state index in [1.807, 2.05) is 30.9 Å². The number of benzene rings is 1. The first kappa shape index (κ1) is 17.1. The minimum Gasteiger partial charge on any atom is -0.487 e. The van der Waals surface area contributed by atoms with Crippen LogP contribution in [0.5, 0.6) is 5.75 Å². The summed E-state index contributed by atoms with van der Waals surface area (Å²) < 4.78 is 5.76. The highest BCUT2D eigenvalue weighted by atomic mass is 35.5. The molecular weight excluding hydrogens is 326 g/mol. The molecule has 2 heterocycles. The predicted octanol–water partition coefficient (Wildman–Crippen LogP) is 3.61. The number of urea groups is 1. The summed E-state index contributed by atoms with van der Waals surface area (Å²) in [6.07, 6.45) is 5.37. The Morgan fingerprint density at radius 1 is 1.33 bits per heavy atom. The van der Waals surface area contributed by atoms with Gasteiger partial charge >= 0.3 is 6.03 Å². The van der Waals surface area contributed by atoms with Gasteiger partial charge in [-0.05, 0) is 32.4 Å². The Bertz CT molecular complexity index is 625. The van der Waals surface area contributed by atoms with Crippen molar-refractivity contribution in [1.82, 2.24) is 9.80 Å². The number of nitrogens with zero attached hydrogens (tertiary/aromatic N) is 2. The van der Waals surface area contributed by atoms with E-state index in [4.69, 9.17) is 16.3 Å². The molecule has 0 unspecified atom stereocenters. The summed E-state index contributed by atoms with van der Waals surface area (Å²) >= 11 is 6.22. The molecule has 0 spiro atoms. The molecule has 0 radical (unpaired) electrons. The van der Waals surface area contributed by atoms with Gasteiger partial charge in [0.2, 0.25) is 0 Å². The maximum absolute atomic E-state index is 12.6. The van der Waals surface area contributed by atoms with E-state index in [1.54, 1.807) is 6.07 Å². The molecular formula is C18H24ClN3O2. The summed E-state index contributed by atoms with van der Waals surface area (Å²) in [5, 5.41) is 3.46. The topological polar surface area (TPSA) is 44.8 Å². The number of likely N-dealkylation sites (tertiary alicyclic amines) is 1. The third-order valence-electron chi connectivity index (χ3n) is 4.38. The lowest BCUT2D eigenvalue weighted by molar-refractivity contribution is 0.211. The molecule has 24 heavy (non-hydrogen) atoms. The van der Waals surface area contributed by atoms with E-state index in [0.29, 0.717) is 22.5 Å². The molecule has 1 aromatic rings. The van der Waals surface area contributed by atoms with E-state index in [2.05, 4.69) is 22.4 Å². The minimum atomic E-state index is -0.0967. The lowest BCUT2D eigenvalue weighted by atomic mass is 10.2. The van der Waals surface area contributed by atoms with E-state index in [9.17, 15) is 4.79 Å². The minimum absolute atomic E-state index is 0.0145. The molecule has 1 saturated heterocycles. The smallest absolute Gasteiger partial charge is 0.322 e. The molecule has 1 aromatic carbocycles. The molecule has 1 fully saturated rings. The second kappa shape index (κ2) is 7.45. The van der Waals surface area contributed by atoms with Gasteiger partial charge in [-0.1, -0.05) is 29.8 Å². The van der Waals surface area contributed by atoms with Crippen LogP contribution in [-0.4, -0.2) is 54.2 Å². The van der Waals surface area contributed by atoms with Gasteiger partial charge in [0.15, 0.2) is 5.75 Å². The summed E-state index contributed by atoms with van der Waals surface area (Å²) in [6.45, 7) is 7.37. The van der Waals surface area contributed by atoms with Crippen LogP contribution in [0.1, 0.15) is 20.3 Å². The molecule has 3 rings (SSSR count). The van der Waals surface area contributed by atoms with Crippen molar-refractivity contribution in [1.29, 1.82) is 0 Å². The van der Waals surface area contributed by atoms with Crippen LogP contribution in [0.4, 0.5) is 10.5 Å². The van der Waals surface area contributed by atoms with Crippen LogP contribution in [0.3, 0.4) is 0 Å². The Kier molecular flexibility index (Phi) is 5.31. The zero-order valence-corrected chi connectivity index (χ0v) is 14.9. The Morgan fingerprint density at radius 2 is 2.08 bits per heavy atom. The number of anilines is 1. The molecule has 0 bridgehead atoms. The first-order valence-electron chi connectivity index (χ1n) is 8.44. The van der Waals surface area contributed by atoms with Crippen molar-refractivity contribution < 1.29 is 9.53 Å². The zero-order valence-electron chi connectivity index (χ0n) is 14.2. The summed E-state index contributed by atoms with van der Waals surface area (Å²) in [4.78, 5) is 16.9. The molecule has 0 aromatic heterocycles. The lowest BCUT2D eigenvalue weighted by Crippen LogP contribution is -2.39. The second-order valence-electron chi connectivity index (χ2n) is 6.53. The fourth-order valence-electron chi connectivity index (χ4n) is 3.17. The van der Waals surface area contributed by atoms with Crippen LogP contribution < -0.4 is 10.1 Å². The van der Waals surface area contributed by atoms with Gasteiger partial charge in [-0.3, -0.25) is 4.90 Å². The largest absolute Gasteiger partial charge is 0.487 e. The van der Waals surface area contributed by atoms with Crippen LogP contribution in [0.25, 0.3) is 0 Å². The molecule has 0 aliphatic carbocycles. The highest BCUT2D eigenvalue weighted by Gasteiger charge is 2.30. The average Bonchev–Trinajstić information content (AvgIpc) is 3.20. The molecule has 1 atom stereocenters. The maximum atomic E-state index is 12.6. The van der Waals surface area contributed by atoms with Crippen LogP contribution in [0.2, 0.25) is 5.02 Å². The van der Waals surface area contributed by atoms with Crippen molar-refractivity contribution in [2.24, 2.45) is 0 Å². The standard InChI is InChI=1S/C18H24ClN3O2/c1-13(2)24-17-15(19)6-5-7-16(17)20-18(23)22-11-8-14(12-22)21-9-3-4-10-21/h3-7,13-14H,8-12H2,1-2H3,(H,20,23)/t14-/m1/s1. The fourth-order valence-corrected chi connectivity index (χ4v) is 3.39. The lowest BCUT2D eigenvalue weighted by Gasteiger charge is -2.24. The Hall–Kier alpha value is -1.72. The molecule has 5 nitrogen and oxygen atoms in total. The number of carbonyl (C=O) groups is 1. The number of halogens is 1. The van der Waals surface area contributed by atoms with Crippen LogP contribution in [-0.2, 0) is 0 Å². The average molecular weight is 350 g/mol. The quantitative estimate of drug-likeness (QED) is 0.845. The van der Waals surface area contributed by atoms with Gasteiger partial charge in [0.05, 0.1) is 16.8 Å². The highest BCUT2D eigenvalue weighted by Crippen LogP contribution is 2.34. The summed E-state index contributed by atoms with van der Waals surface area (Å²) in [5.41, 5.74) is 0.618. The van der Waals surface area contributed by atoms with Crippen molar-refractivity contribution in [2.75, 3.05) is 31.5 Å². The molecule has 2 amide bonds. The van der Waals surface area contributed by atoms with Crippen molar-refractivity contribution >= 4 is 23.3 Å². The Morgan fingerprint density at radius 3 is 2.79 bits per heavy atom. The highest BCUT2D eigenvalue weighted by molar-refractivity contribution is 6.32. The van der Waals surface area contributed by atoms with Crippen LogP contribution in [0, 0.1) is 0 Å². The number of carbonyl (C=O) groups excluding carboxylic acids is 1. The molecule has 0 saturated carbocycles. The number of amides is 2. The first-order valence-corrected chi connectivity index (χ1v) is 8.82. The van der Waals surface area contributed by atoms with Crippen molar-refractivity contribution in [3.05, 3.63) is 35.4 Å². The number of nitrogens with one attached hydrogen (secondary N) is 1. The van der Waals surface area contributed by atoms with E-state index in [-0.39, 0.29) is 12.1 Å². The fraction of sp³-hybridized carbons (Fsp3) is 0.500. The van der Waals surface area contributed by atoms with Crippen LogP contribution in [0.15, 0.2) is 30.4 Å². The molecule has 6 heteroatoms. The van der Waals surface area contributed by atoms with Gasteiger partial charge in [-0.2, -0.15) is 0 Å². The molecule has 2 aliphatic heterocycles. The molecule has 1 N–H and O–H groups in total. The van der Waals surface area contributed by atoms with Gasteiger partial charge < -0.3 is 15.0 Å². The number of ether oxygens (including phenoxy) is 1. The Labute approximate surface area is 148 Å². The van der Waals surface area contributed by atoms with E-state index in [1.165, 1.54) is 0 Å². The molecule has 2 aliphatic rings. The SMILES string of the molecule is CC(C)Oc1c(Cl)cccc1NC(=O)N1CC[C@@H](N2CC=CC2)C1. The maximum Gasteiger partial charge on any atom is 0.322 e. The van der Waals surface area contributed by atoms with Gasteiger partial charge in [-0.15, -0.1) is 0 Å². The monoisotopic (exact) mass is 349 g/mol. The van der Waals surface area contributed by atoms with Gasteiger partial charge in [-0.25, -0.2) is 4.79 Å². The normalized spacial score (nSPS) is 20.8. The van der Waals surface area contributed by atoms with E-state index in [0.717, 1.165) is 32.6 Å². The predicted molar refractivity (Wildman–Crippen MR) is 96.9 cm³/mol. The number of rotatable bonds is 4. The van der Waals surface area contributed by atoms with Gasteiger partial charge in [0, 0.05) is 32.2 Å².